The quantitative estimate of drug-likeness (QED) is 0.356. The predicted molar refractivity (Wildman–Crippen MR) is 109 cm³/mol. The molecule has 0 spiro atoms. The van der Waals surface area contributed by atoms with E-state index in [1.807, 2.05) is 32.0 Å². The van der Waals surface area contributed by atoms with Gasteiger partial charge in [-0.25, -0.2) is 0 Å². The van der Waals surface area contributed by atoms with E-state index in [1.165, 1.54) is 19.2 Å². The number of carbonyl (C=O) groups excluding carboxylic acids is 1. The van der Waals surface area contributed by atoms with E-state index in [1.54, 1.807) is 0 Å². The summed E-state index contributed by atoms with van der Waals surface area (Å²) in [5.74, 6) is -0.289. The van der Waals surface area contributed by atoms with Crippen molar-refractivity contribution >= 4 is 45.6 Å². The summed E-state index contributed by atoms with van der Waals surface area (Å²) in [7, 11) is 1.35. The van der Waals surface area contributed by atoms with E-state index in [2.05, 4.69) is 33.2 Å². The third-order valence-electron chi connectivity index (χ3n) is 3.77. The average Bonchev–Trinajstić information content (AvgIpc) is 2.61. The van der Waals surface area contributed by atoms with Gasteiger partial charge in [0.25, 0.3) is 5.91 Å². The third-order valence-corrected chi connectivity index (χ3v) is 4.44. The Morgan fingerprint density at radius 2 is 2.04 bits per heavy atom. The third kappa shape index (κ3) is 4.43. The largest absolute Gasteiger partial charge is 0.489 e. The van der Waals surface area contributed by atoms with Crippen LogP contribution in [-0.2, 0) is 0 Å². The van der Waals surface area contributed by atoms with Crippen molar-refractivity contribution < 1.29 is 14.5 Å². The molecule has 0 saturated heterocycles. The molecule has 0 aliphatic carbocycles. The Kier molecular flexibility index (Phi) is 6.78. The normalized spacial score (nSPS) is 10.3. The van der Waals surface area contributed by atoms with Crippen molar-refractivity contribution in [3.63, 3.8) is 0 Å². The monoisotopic (exact) mass is 469 g/mol. The van der Waals surface area contributed by atoms with Crippen LogP contribution in [0, 0.1) is 20.6 Å². The fourth-order valence-corrected chi connectivity index (χ4v) is 3.12. The second-order valence-electron chi connectivity index (χ2n) is 5.64. The number of hydrogen-bond donors (Lipinski definition) is 2. The summed E-state index contributed by atoms with van der Waals surface area (Å²) in [6.07, 6.45) is 0.787. The first kappa shape index (κ1) is 20.0. The Morgan fingerprint density at radius 1 is 1.31 bits per heavy atom. The number of nitro benzene ring substituents is 1. The van der Waals surface area contributed by atoms with Crippen molar-refractivity contribution in [2.75, 3.05) is 19.0 Å². The molecule has 2 aromatic rings. The minimum atomic E-state index is -0.529. The number of aryl methyl sites for hydroxylation is 1. The van der Waals surface area contributed by atoms with E-state index in [4.69, 9.17) is 4.74 Å². The minimum Gasteiger partial charge on any atom is -0.489 e. The molecule has 0 unspecified atom stereocenters. The molecule has 0 radical (unpaired) electrons. The first-order valence-corrected chi connectivity index (χ1v) is 9.13. The Hall–Kier alpha value is -2.36. The number of ether oxygens (including phenoxy) is 1. The average molecular weight is 469 g/mol. The molecular weight excluding hydrogens is 449 g/mol. The number of methoxy groups -OCH3 is 1. The molecule has 0 aliphatic heterocycles. The van der Waals surface area contributed by atoms with Crippen LogP contribution in [0.5, 0.6) is 5.75 Å². The summed E-state index contributed by atoms with van der Waals surface area (Å²) in [6.45, 7) is 4.39. The fraction of sp³-hybridized carbons (Fsp3) is 0.278. The van der Waals surface area contributed by atoms with Gasteiger partial charge in [-0.1, -0.05) is 6.92 Å². The lowest BCUT2D eigenvalue weighted by Crippen LogP contribution is -2.25. The molecule has 1 amide bonds. The molecule has 138 valence electrons. The van der Waals surface area contributed by atoms with E-state index < -0.39 is 4.92 Å². The lowest BCUT2D eigenvalue weighted by atomic mass is 10.1. The van der Waals surface area contributed by atoms with Crippen LogP contribution < -0.4 is 15.4 Å². The lowest BCUT2D eigenvalue weighted by molar-refractivity contribution is -0.385. The number of benzene rings is 2. The van der Waals surface area contributed by atoms with Gasteiger partial charge in [0, 0.05) is 21.9 Å². The van der Waals surface area contributed by atoms with E-state index in [0.29, 0.717) is 12.1 Å². The molecule has 0 atom stereocenters. The summed E-state index contributed by atoms with van der Waals surface area (Å²) < 4.78 is 6.35. The smallest absolute Gasteiger partial charge is 0.313 e. The van der Waals surface area contributed by atoms with Crippen LogP contribution in [0.15, 0.2) is 30.3 Å². The minimum absolute atomic E-state index is 0.0251. The lowest BCUT2D eigenvalue weighted by Gasteiger charge is -2.17. The highest BCUT2D eigenvalue weighted by atomic mass is 127. The summed E-state index contributed by atoms with van der Waals surface area (Å²) in [4.78, 5) is 23.3. The zero-order chi connectivity index (χ0) is 19.3. The first-order chi connectivity index (χ1) is 12.4. The van der Waals surface area contributed by atoms with E-state index >= 15 is 0 Å². The Labute approximate surface area is 165 Å². The summed E-state index contributed by atoms with van der Waals surface area (Å²) >= 11 is 2.21. The number of hydrogen-bond acceptors (Lipinski definition) is 5. The van der Waals surface area contributed by atoms with Crippen LogP contribution in [0.4, 0.5) is 17.1 Å². The van der Waals surface area contributed by atoms with Crippen molar-refractivity contribution in [1.82, 2.24) is 5.32 Å². The number of nitrogens with one attached hydrogen (secondary N) is 2. The van der Waals surface area contributed by atoms with Crippen molar-refractivity contribution in [3.05, 3.63) is 55.1 Å². The molecule has 2 rings (SSSR count). The molecule has 2 N–H and O–H groups in total. The molecule has 0 heterocycles. The van der Waals surface area contributed by atoms with Crippen LogP contribution in [0.25, 0.3) is 0 Å². The number of carbonyl (C=O) groups is 1. The number of anilines is 2. The van der Waals surface area contributed by atoms with Crippen LogP contribution in [-0.4, -0.2) is 24.5 Å². The molecule has 0 aromatic heterocycles. The standard InChI is InChI=1S/C18H20IN3O4/c1-4-9-20-18(23)13-6-8-15(22(24)25)17(26-3)16(13)21-14-7-5-12(19)10-11(14)2/h5-8,10,21H,4,9H2,1-3H3,(H,20,23). The van der Waals surface area contributed by atoms with Crippen LogP contribution in [0.1, 0.15) is 29.3 Å². The summed E-state index contributed by atoms with van der Waals surface area (Å²) in [5.41, 5.74) is 2.06. The van der Waals surface area contributed by atoms with Crippen LogP contribution in [0.3, 0.4) is 0 Å². The second-order valence-corrected chi connectivity index (χ2v) is 6.88. The van der Waals surface area contributed by atoms with E-state index in [9.17, 15) is 14.9 Å². The van der Waals surface area contributed by atoms with Crippen molar-refractivity contribution in [2.24, 2.45) is 0 Å². The van der Waals surface area contributed by atoms with Gasteiger partial charge in [0.1, 0.15) is 5.69 Å². The van der Waals surface area contributed by atoms with E-state index in [-0.39, 0.29) is 23.0 Å². The van der Waals surface area contributed by atoms with E-state index in [0.717, 1.165) is 21.2 Å². The van der Waals surface area contributed by atoms with Crippen LogP contribution in [0.2, 0.25) is 0 Å². The highest BCUT2D eigenvalue weighted by Crippen LogP contribution is 2.40. The number of nitro groups is 1. The number of amides is 1. The van der Waals surface area contributed by atoms with Gasteiger partial charge in [-0.3, -0.25) is 14.9 Å². The molecule has 0 aliphatic rings. The van der Waals surface area contributed by atoms with Gasteiger partial charge in [-0.15, -0.1) is 0 Å². The SMILES string of the molecule is CCCNC(=O)c1ccc([N+](=O)[O-])c(OC)c1Nc1ccc(I)cc1C. The van der Waals surface area contributed by atoms with Gasteiger partial charge in [-0.05, 0) is 65.8 Å². The molecule has 26 heavy (non-hydrogen) atoms. The maximum Gasteiger partial charge on any atom is 0.313 e. The highest BCUT2D eigenvalue weighted by Gasteiger charge is 2.25. The fourth-order valence-electron chi connectivity index (χ4n) is 2.47. The molecule has 7 nitrogen and oxygen atoms in total. The van der Waals surface area contributed by atoms with Crippen molar-refractivity contribution in [3.8, 4) is 5.75 Å². The predicted octanol–water partition coefficient (Wildman–Crippen LogP) is 4.40. The molecular formula is C18H20IN3O4. The van der Waals surface area contributed by atoms with Gasteiger partial charge in [0.2, 0.25) is 5.75 Å². The number of nitrogens with zero attached hydrogens (tertiary/aromatic N) is 1. The number of halogens is 1. The zero-order valence-corrected chi connectivity index (χ0v) is 16.9. The van der Waals surface area contributed by atoms with Crippen molar-refractivity contribution in [2.45, 2.75) is 20.3 Å². The Balaban J connectivity index is 2.59. The molecule has 0 fully saturated rings. The van der Waals surface area contributed by atoms with Crippen LogP contribution >= 0.6 is 22.6 Å². The van der Waals surface area contributed by atoms with Gasteiger partial charge in [0.05, 0.1) is 17.6 Å². The second kappa shape index (κ2) is 8.84. The molecule has 0 saturated carbocycles. The first-order valence-electron chi connectivity index (χ1n) is 8.05. The maximum absolute atomic E-state index is 12.5. The van der Waals surface area contributed by atoms with Gasteiger partial charge >= 0.3 is 5.69 Å². The van der Waals surface area contributed by atoms with Gasteiger partial charge in [0.15, 0.2) is 0 Å². The topological polar surface area (TPSA) is 93.5 Å². The van der Waals surface area contributed by atoms with Gasteiger partial charge < -0.3 is 15.4 Å². The summed E-state index contributed by atoms with van der Waals surface area (Å²) in [5, 5.41) is 17.3. The Bertz CT molecular complexity index is 839. The van der Waals surface area contributed by atoms with Gasteiger partial charge in [-0.2, -0.15) is 0 Å². The molecule has 0 bridgehead atoms. The van der Waals surface area contributed by atoms with Crippen molar-refractivity contribution in [1.29, 1.82) is 0 Å². The number of rotatable bonds is 7. The highest BCUT2D eigenvalue weighted by molar-refractivity contribution is 14.1. The summed E-state index contributed by atoms with van der Waals surface area (Å²) in [6, 6.07) is 8.48. The Morgan fingerprint density at radius 3 is 2.62 bits per heavy atom. The molecule has 2 aromatic carbocycles. The molecule has 8 heteroatoms. The maximum atomic E-state index is 12.5. The zero-order valence-electron chi connectivity index (χ0n) is 14.8.